The van der Waals surface area contributed by atoms with Crippen LogP contribution in [0.4, 0.5) is 0 Å². The van der Waals surface area contributed by atoms with Crippen molar-refractivity contribution in [3.8, 4) is 11.9 Å². The van der Waals surface area contributed by atoms with Crippen LogP contribution in [0.5, 0.6) is 5.88 Å². The molecule has 1 heterocycles. The Labute approximate surface area is 119 Å². The third-order valence-electron chi connectivity index (χ3n) is 2.48. The van der Waals surface area contributed by atoms with Crippen LogP contribution in [0, 0.1) is 11.3 Å². The van der Waals surface area contributed by atoms with Crippen LogP contribution >= 0.6 is 0 Å². The number of nitriles is 1. The Morgan fingerprint density at radius 3 is 2.95 bits per heavy atom. The van der Waals surface area contributed by atoms with Crippen LogP contribution in [-0.2, 0) is 16.4 Å². The van der Waals surface area contributed by atoms with Gasteiger partial charge in [-0.1, -0.05) is 6.07 Å². The number of unbranched alkanes of at least 4 members (excludes halogenated alkanes) is 1. The summed E-state index contributed by atoms with van der Waals surface area (Å²) in [5.74, 6) is 0.523. The van der Waals surface area contributed by atoms with E-state index in [4.69, 9.17) is 10.00 Å². The minimum atomic E-state index is -3.30. The Kier molecular flexibility index (Phi) is 6.98. The van der Waals surface area contributed by atoms with Gasteiger partial charge in [0.1, 0.15) is 0 Å². The van der Waals surface area contributed by atoms with Crippen molar-refractivity contribution in [2.24, 2.45) is 0 Å². The first kappa shape index (κ1) is 16.4. The lowest BCUT2D eigenvalue weighted by Gasteiger charge is -2.07. The van der Waals surface area contributed by atoms with E-state index in [-0.39, 0.29) is 18.7 Å². The van der Waals surface area contributed by atoms with Gasteiger partial charge in [0.15, 0.2) is 0 Å². The summed E-state index contributed by atoms with van der Waals surface area (Å²) in [5.41, 5.74) is 0.774. The fourth-order valence-electron chi connectivity index (χ4n) is 1.57. The summed E-state index contributed by atoms with van der Waals surface area (Å²) in [6, 6.07) is 7.34. The van der Waals surface area contributed by atoms with Gasteiger partial charge in [-0.15, -0.1) is 0 Å². The highest BCUT2D eigenvalue weighted by Crippen LogP contribution is 2.07. The van der Waals surface area contributed by atoms with E-state index in [1.807, 2.05) is 25.1 Å². The quantitative estimate of drug-likeness (QED) is 0.692. The highest BCUT2D eigenvalue weighted by Gasteiger charge is 2.09. The van der Waals surface area contributed by atoms with Crippen molar-refractivity contribution in [2.45, 2.75) is 26.2 Å². The van der Waals surface area contributed by atoms with Crippen molar-refractivity contribution in [1.29, 1.82) is 5.26 Å². The van der Waals surface area contributed by atoms with Crippen LogP contribution in [0.15, 0.2) is 18.2 Å². The van der Waals surface area contributed by atoms with Gasteiger partial charge in [0.2, 0.25) is 15.9 Å². The van der Waals surface area contributed by atoms with Crippen LogP contribution < -0.4 is 9.46 Å². The van der Waals surface area contributed by atoms with Crippen LogP contribution in [0.3, 0.4) is 0 Å². The molecular weight excluding hydrogens is 278 g/mol. The van der Waals surface area contributed by atoms with Gasteiger partial charge in [-0.2, -0.15) is 5.26 Å². The first-order chi connectivity index (χ1) is 9.57. The Bertz CT molecular complexity index is 552. The number of rotatable bonds is 9. The van der Waals surface area contributed by atoms with Gasteiger partial charge in [0, 0.05) is 31.1 Å². The molecule has 0 fully saturated rings. The summed E-state index contributed by atoms with van der Waals surface area (Å²) >= 11 is 0. The molecule has 0 radical (unpaired) electrons. The molecule has 1 N–H and O–H groups in total. The van der Waals surface area contributed by atoms with E-state index in [9.17, 15) is 8.42 Å². The number of aromatic nitrogens is 1. The molecule has 1 aromatic rings. The van der Waals surface area contributed by atoms with Crippen molar-refractivity contribution < 1.29 is 13.2 Å². The molecule has 0 aliphatic carbocycles. The topological polar surface area (TPSA) is 92.1 Å². The molecule has 0 bridgehead atoms. The molecule has 7 heteroatoms. The maximum absolute atomic E-state index is 11.6. The molecule has 0 unspecified atom stereocenters. The first-order valence-corrected chi connectivity index (χ1v) is 8.15. The van der Waals surface area contributed by atoms with E-state index in [0.717, 1.165) is 5.69 Å². The maximum Gasteiger partial charge on any atom is 0.213 e. The lowest BCUT2D eigenvalue weighted by molar-refractivity contribution is 0.326. The summed E-state index contributed by atoms with van der Waals surface area (Å²) in [6.07, 6.45) is 1.10. The highest BCUT2D eigenvalue weighted by atomic mass is 32.2. The Hall–Kier alpha value is -1.65. The van der Waals surface area contributed by atoms with Crippen LogP contribution in [-0.4, -0.2) is 32.3 Å². The molecule has 0 aliphatic heterocycles. The van der Waals surface area contributed by atoms with Crippen molar-refractivity contribution in [2.75, 3.05) is 18.9 Å². The molecule has 0 aromatic carbocycles. The normalized spacial score (nSPS) is 11.0. The summed E-state index contributed by atoms with van der Waals surface area (Å²) in [5, 5.41) is 8.37. The van der Waals surface area contributed by atoms with Gasteiger partial charge in [0.25, 0.3) is 0 Å². The minimum Gasteiger partial charge on any atom is -0.478 e. The summed E-state index contributed by atoms with van der Waals surface area (Å²) in [4.78, 5) is 4.26. The van der Waals surface area contributed by atoms with E-state index < -0.39 is 10.0 Å². The highest BCUT2D eigenvalue weighted by molar-refractivity contribution is 7.89. The molecule has 0 atom stereocenters. The smallest absolute Gasteiger partial charge is 0.213 e. The average Bonchev–Trinajstić information content (AvgIpc) is 2.39. The molecule has 1 aromatic heterocycles. The van der Waals surface area contributed by atoms with Crippen molar-refractivity contribution in [3.63, 3.8) is 0 Å². The second-order valence-corrected chi connectivity index (χ2v) is 6.05. The number of ether oxygens (including phenoxy) is 1. The minimum absolute atomic E-state index is 0.0209. The van der Waals surface area contributed by atoms with Gasteiger partial charge in [-0.05, 0) is 19.4 Å². The molecule has 6 nitrogen and oxygen atoms in total. The molecule has 0 spiro atoms. The lowest BCUT2D eigenvalue weighted by Crippen LogP contribution is -2.28. The predicted octanol–water partition coefficient (Wildman–Crippen LogP) is 1.25. The Morgan fingerprint density at radius 2 is 2.25 bits per heavy atom. The van der Waals surface area contributed by atoms with Crippen molar-refractivity contribution >= 4 is 10.0 Å². The maximum atomic E-state index is 11.6. The fraction of sp³-hybridized carbons (Fsp3) is 0.538. The molecule has 0 saturated heterocycles. The lowest BCUT2D eigenvalue weighted by atomic mass is 10.3. The van der Waals surface area contributed by atoms with Gasteiger partial charge < -0.3 is 4.74 Å². The van der Waals surface area contributed by atoms with E-state index >= 15 is 0 Å². The molecule has 0 saturated carbocycles. The van der Waals surface area contributed by atoms with Gasteiger partial charge >= 0.3 is 0 Å². The summed E-state index contributed by atoms with van der Waals surface area (Å²) in [7, 11) is -3.30. The van der Waals surface area contributed by atoms with Gasteiger partial charge in [0.05, 0.1) is 18.4 Å². The zero-order valence-electron chi connectivity index (χ0n) is 11.5. The van der Waals surface area contributed by atoms with E-state index in [1.54, 1.807) is 6.07 Å². The van der Waals surface area contributed by atoms with E-state index in [1.165, 1.54) is 0 Å². The van der Waals surface area contributed by atoms with E-state index in [2.05, 4.69) is 9.71 Å². The standard InChI is InChI=1S/C13H19N3O3S/c1-2-19-13-7-5-6-12(16-13)8-10-15-20(17,18)11-4-3-9-14/h5-7,15H,2-4,8,10-11H2,1H3. The van der Waals surface area contributed by atoms with Crippen molar-refractivity contribution in [3.05, 3.63) is 23.9 Å². The number of hydrogen-bond acceptors (Lipinski definition) is 5. The van der Waals surface area contributed by atoms with Crippen LogP contribution in [0.1, 0.15) is 25.5 Å². The van der Waals surface area contributed by atoms with Crippen LogP contribution in [0.2, 0.25) is 0 Å². The number of hydrogen-bond donors (Lipinski definition) is 1. The summed E-state index contributed by atoms with van der Waals surface area (Å²) < 4.78 is 31.0. The number of nitrogens with one attached hydrogen (secondary N) is 1. The predicted molar refractivity (Wildman–Crippen MR) is 75.7 cm³/mol. The summed E-state index contributed by atoms with van der Waals surface area (Å²) in [6.45, 7) is 2.71. The van der Waals surface area contributed by atoms with E-state index in [0.29, 0.717) is 25.3 Å². The zero-order valence-corrected chi connectivity index (χ0v) is 12.3. The molecule has 20 heavy (non-hydrogen) atoms. The molecule has 110 valence electrons. The molecular formula is C13H19N3O3S. The SMILES string of the molecule is CCOc1cccc(CCNS(=O)(=O)CCCC#N)n1. The largest absolute Gasteiger partial charge is 0.478 e. The average molecular weight is 297 g/mol. The molecule has 0 amide bonds. The third kappa shape index (κ3) is 6.50. The fourth-order valence-corrected chi connectivity index (χ4v) is 2.65. The zero-order chi connectivity index (χ0) is 14.8. The second kappa shape index (κ2) is 8.51. The van der Waals surface area contributed by atoms with Gasteiger partial charge in [-0.3, -0.25) is 0 Å². The number of pyridine rings is 1. The second-order valence-electron chi connectivity index (χ2n) is 4.13. The Balaban J connectivity index is 2.40. The number of sulfonamides is 1. The molecule has 1 rings (SSSR count). The van der Waals surface area contributed by atoms with Crippen molar-refractivity contribution in [1.82, 2.24) is 9.71 Å². The Morgan fingerprint density at radius 1 is 1.45 bits per heavy atom. The monoisotopic (exact) mass is 297 g/mol. The van der Waals surface area contributed by atoms with Crippen LogP contribution in [0.25, 0.3) is 0 Å². The van der Waals surface area contributed by atoms with Gasteiger partial charge in [-0.25, -0.2) is 18.1 Å². The number of nitrogens with zero attached hydrogens (tertiary/aromatic N) is 2. The molecule has 0 aliphatic rings. The third-order valence-corrected chi connectivity index (χ3v) is 3.95. The first-order valence-electron chi connectivity index (χ1n) is 6.50.